The molecular formula is C15H23NS. The molecule has 0 saturated heterocycles. The third-order valence-electron chi connectivity index (χ3n) is 3.50. The molecule has 2 heteroatoms. The van der Waals surface area contributed by atoms with E-state index in [0.29, 0.717) is 11.3 Å². The number of thiol groups is 1. The minimum Gasteiger partial charge on any atom is -0.335 e. The topological polar surface area (TPSA) is 12.0 Å². The molecule has 1 fully saturated rings. The summed E-state index contributed by atoms with van der Waals surface area (Å²) < 4.78 is 3.04. The van der Waals surface area contributed by atoms with Gasteiger partial charge in [0.05, 0.1) is 0 Å². The summed E-state index contributed by atoms with van der Waals surface area (Å²) in [5, 5.41) is 0. The molecule has 1 atom stereocenters. The van der Waals surface area contributed by atoms with Crippen LogP contribution in [0.1, 0.15) is 33.1 Å². The van der Waals surface area contributed by atoms with E-state index >= 15 is 0 Å². The van der Waals surface area contributed by atoms with Crippen molar-refractivity contribution in [3.8, 4) is 0 Å². The normalized spacial score (nSPS) is 24.5. The quantitative estimate of drug-likeness (QED) is 0.555. The maximum absolute atomic E-state index is 4.20. The van der Waals surface area contributed by atoms with Crippen molar-refractivity contribution in [3.05, 3.63) is 48.7 Å². The Hall–Kier alpha value is -0.890. The van der Waals surface area contributed by atoms with Crippen molar-refractivity contribution in [1.29, 1.82) is 0 Å². The molecule has 0 aromatic rings. The lowest BCUT2D eigenvalue weighted by atomic mass is 9.96. The average molecular weight is 249 g/mol. The first-order chi connectivity index (χ1) is 8.27. The second-order valence-corrected chi connectivity index (χ2v) is 4.58. The van der Waals surface area contributed by atoms with E-state index in [1.807, 2.05) is 32.1 Å². The molecule has 0 heterocycles. The summed E-state index contributed by atoms with van der Waals surface area (Å²) in [7, 11) is 0. The van der Waals surface area contributed by atoms with Crippen LogP contribution in [0.5, 0.6) is 0 Å². The van der Waals surface area contributed by atoms with Crippen LogP contribution in [0.3, 0.4) is 0 Å². The van der Waals surface area contributed by atoms with Gasteiger partial charge in [-0.2, -0.15) is 0 Å². The van der Waals surface area contributed by atoms with Crippen LogP contribution in [-0.2, 0) is 0 Å². The average Bonchev–Trinajstić information content (AvgIpc) is 3.06. The molecule has 1 N–H and O–H groups in total. The van der Waals surface area contributed by atoms with E-state index in [9.17, 15) is 0 Å². The van der Waals surface area contributed by atoms with Gasteiger partial charge in [-0.3, -0.25) is 0 Å². The molecule has 0 bridgehead atoms. The summed E-state index contributed by atoms with van der Waals surface area (Å²) in [5.41, 5.74) is 3.02. The molecule has 94 valence electrons. The summed E-state index contributed by atoms with van der Waals surface area (Å²) >= 11 is 4.20. The molecule has 1 nitrogen and oxygen atoms in total. The van der Waals surface area contributed by atoms with Gasteiger partial charge >= 0.3 is 0 Å². The van der Waals surface area contributed by atoms with Gasteiger partial charge in [-0.05, 0) is 30.3 Å². The number of nitrogens with one attached hydrogen (secondary N) is 1. The maximum Gasteiger partial charge on any atom is 0.0315 e. The van der Waals surface area contributed by atoms with Crippen LogP contribution in [0, 0.1) is 11.3 Å². The largest absolute Gasteiger partial charge is 0.335 e. The van der Waals surface area contributed by atoms with E-state index in [1.54, 1.807) is 0 Å². The van der Waals surface area contributed by atoms with Gasteiger partial charge in [0.15, 0.2) is 0 Å². The monoisotopic (exact) mass is 249 g/mol. The smallest absolute Gasteiger partial charge is 0.0315 e. The van der Waals surface area contributed by atoms with E-state index in [1.165, 1.54) is 30.5 Å². The Morgan fingerprint density at radius 1 is 1.35 bits per heavy atom. The van der Waals surface area contributed by atoms with Crippen LogP contribution in [0.4, 0.5) is 0 Å². The molecule has 1 unspecified atom stereocenters. The number of hydrogen-bond acceptors (Lipinski definition) is 2. The molecule has 2 rings (SSSR count). The highest BCUT2D eigenvalue weighted by atomic mass is 32.1. The van der Waals surface area contributed by atoms with Crippen LogP contribution < -0.4 is 4.72 Å². The number of hydrogen-bond donors (Lipinski definition) is 2. The van der Waals surface area contributed by atoms with Gasteiger partial charge in [0, 0.05) is 11.6 Å². The van der Waals surface area contributed by atoms with Crippen molar-refractivity contribution < 1.29 is 0 Å². The highest BCUT2D eigenvalue weighted by molar-refractivity contribution is 7.78. The Labute approximate surface area is 111 Å². The third-order valence-corrected chi connectivity index (χ3v) is 3.74. The van der Waals surface area contributed by atoms with Crippen molar-refractivity contribution in [3.63, 3.8) is 0 Å². The third kappa shape index (κ3) is 2.68. The second kappa shape index (κ2) is 6.15. The number of allylic oxidation sites excluding steroid dienone is 5. The Balaban J connectivity index is 0.000000686. The van der Waals surface area contributed by atoms with Crippen molar-refractivity contribution in [2.75, 3.05) is 0 Å². The Morgan fingerprint density at radius 2 is 2.00 bits per heavy atom. The molecule has 2 aliphatic rings. The van der Waals surface area contributed by atoms with E-state index in [2.05, 4.69) is 36.8 Å². The van der Waals surface area contributed by atoms with Crippen LogP contribution >= 0.6 is 12.8 Å². The second-order valence-electron chi connectivity index (χ2n) is 4.35. The fourth-order valence-corrected chi connectivity index (χ4v) is 2.88. The lowest BCUT2D eigenvalue weighted by molar-refractivity contribution is 0.551. The first-order valence-electron chi connectivity index (χ1n) is 6.34. The van der Waals surface area contributed by atoms with E-state index < -0.39 is 0 Å². The van der Waals surface area contributed by atoms with Crippen LogP contribution in [0.25, 0.3) is 0 Å². The van der Waals surface area contributed by atoms with Crippen LogP contribution in [-0.4, -0.2) is 0 Å². The summed E-state index contributed by atoms with van der Waals surface area (Å²) in [6, 6.07) is 0. The maximum atomic E-state index is 4.20. The van der Waals surface area contributed by atoms with Gasteiger partial charge < -0.3 is 4.72 Å². The SMILES string of the molecule is C=C/C=C\C1CC2(CC2)C(C=C)=C1NS.CC. The van der Waals surface area contributed by atoms with Crippen molar-refractivity contribution in [2.45, 2.75) is 33.1 Å². The minimum atomic E-state index is 0.420. The minimum absolute atomic E-state index is 0.420. The van der Waals surface area contributed by atoms with Crippen molar-refractivity contribution >= 4 is 12.8 Å². The molecule has 17 heavy (non-hydrogen) atoms. The predicted molar refractivity (Wildman–Crippen MR) is 79.8 cm³/mol. The first-order valence-corrected chi connectivity index (χ1v) is 6.78. The summed E-state index contributed by atoms with van der Waals surface area (Å²) in [6.45, 7) is 11.6. The predicted octanol–water partition coefficient (Wildman–Crippen LogP) is 4.43. The zero-order valence-corrected chi connectivity index (χ0v) is 11.8. The fraction of sp³-hybridized carbons (Fsp3) is 0.467. The van der Waals surface area contributed by atoms with Gasteiger partial charge in [0.1, 0.15) is 0 Å². The fourth-order valence-electron chi connectivity index (χ4n) is 2.59. The zero-order valence-electron chi connectivity index (χ0n) is 10.9. The summed E-state index contributed by atoms with van der Waals surface area (Å²) in [6.07, 6.45) is 11.8. The van der Waals surface area contributed by atoms with E-state index in [0.717, 1.165) is 0 Å². The Kier molecular flexibility index (Phi) is 5.13. The molecular weight excluding hydrogens is 226 g/mol. The van der Waals surface area contributed by atoms with Crippen molar-refractivity contribution in [1.82, 2.24) is 4.72 Å². The summed E-state index contributed by atoms with van der Waals surface area (Å²) in [4.78, 5) is 0. The first kappa shape index (κ1) is 14.2. The molecule has 0 aromatic heterocycles. The molecule has 1 saturated carbocycles. The zero-order chi connectivity index (χ0) is 12.9. The lowest BCUT2D eigenvalue weighted by Crippen LogP contribution is -2.06. The van der Waals surface area contributed by atoms with Crippen LogP contribution in [0.2, 0.25) is 0 Å². The molecule has 0 aliphatic heterocycles. The molecule has 2 aliphatic carbocycles. The van der Waals surface area contributed by atoms with Crippen LogP contribution in [0.15, 0.2) is 48.7 Å². The van der Waals surface area contributed by atoms with E-state index in [4.69, 9.17) is 0 Å². The Bertz CT molecular complexity index is 348. The molecule has 0 amide bonds. The molecule has 1 spiro atoms. The number of rotatable bonds is 4. The molecule has 0 radical (unpaired) electrons. The lowest BCUT2D eigenvalue weighted by Gasteiger charge is -2.08. The highest BCUT2D eigenvalue weighted by Gasteiger charge is 2.52. The highest BCUT2D eigenvalue weighted by Crippen LogP contribution is 2.62. The Morgan fingerprint density at radius 3 is 2.41 bits per heavy atom. The van der Waals surface area contributed by atoms with Gasteiger partial charge in [-0.25, -0.2) is 0 Å². The van der Waals surface area contributed by atoms with E-state index in [-0.39, 0.29) is 0 Å². The van der Waals surface area contributed by atoms with Crippen molar-refractivity contribution in [2.24, 2.45) is 11.3 Å². The van der Waals surface area contributed by atoms with Gasteiger partial charge in [-0.15, -0.1) is 0 Å². The molecule has 0 aromatic carbocycles. The van der Waals surface area contributed by atoms with Gasteiger partial charge in [0.25, 0.3) is 0 Å². The van der Waals surface area contributed by atoms with Gasteiger partial charge in [0.2, 0.25) is 0 Å². The standard InChI is InChI=1S/C13H17NS.C2H6/c1-3-5-6-10-9-13(7-8-13)11(4-2)12(10)14-15;1-2/h3-6,10,14-15H,1-2,7-9H2;1-2H3/b6-5-;. The van der Waals surface area contributed by atoms with Gasteiger partial charge in [-0.1, -0.05) is 64.1 Å². The summed E-state index contributed by atoms with van der Waals surface area (Å²) in [5.74, 6) is 0.455.